The molecule has 1 amide bonds. The van der Waals surface area contributed by atoms with Gasteiger partial charge in [-0.2, -0.15) is 13.2 Å². The van der Waals surface area contributed by atoms with E-state index in [1.54, 1.807) is 6.07 Å². The number of hydrogen-bond acceptors (Lipinski definition) is 6. The van der Waals surface area contributed by atoms with Crippen LogP contribution in [0.3, 0.4) is 0 Å². The first-order chi connectivity index (χ1) is 16.7. The summed E-state index contributed by atoms with van der Waals surface area (Å²) in [6, 6.07) is 9.58. The van der Waals surface area contributed by atoms with Gasteiger partial charge in [-0.15, -0.1) is 11.3 Å². The molecule has 3 aromatic rings. The zero-order valence-corrected chi connectivity index (χ0v) is 20.5. The molecule has 4 heterocycles. The lowest BCUT2D eigenvalue weighted by atomic mass is 10.0. The van der Waals surface area contributed by atoms with Crippen molar-refractivity contribution in [1.82, 2.24) is 14.9 Å². The molecule has 0 bridgehead atoms. The highest BCUT2D eigenvalue weighted by molar-refractivity contribution is 7.18. The molecule has 35 heavy (non-hydrogen) atoms. The summed E-state index contributed by atoms with van der Waals surface area (Å²) in [4.78, 5) is 26.1. The van der Waals surface area contributed by atoms with Crippen LogP contribution < -0.4 is 10.2 Å². The summed E-state index contributed by atoms with van der Waals surface area (Å²) in [7, 11) is 0. The van der Waals surface area contributed by atoms with Gasteiger partial charge >= 0.3 is 6.18 Å². The predicted octanol–water partition coefficient (Wildman–Crippen LogP) is 4.89. The van der Waals surface area contributed by atoms with E-state index in [9.17, 15) is 18.0 Å². The molecule has 0 saturated carbocycles. The van der Waals surface area contributed by atoms with Gasteiger partial charge in [-0.3, -0.25) is 9.69 Å². The number of carbonyl (C=O) groups excluding carboxylic acids is 1. The fraction of sp³-hybridized carbons (Fsp3) is 0.480. The number of carbonyl (C=O) groups is 1. The number of fused-ring (bicyclic) bond motifs is 2. The number of likely N-dealkylation sites (tertiary alicyclic amines) is 1. The highest BCUT2D eigenvalue weighted by Gasteiger charge is 2.41. The second-order valence-corrected chi connectivity index (χ2v) is 10.7. The quantitative estimate of drug-likeness (QED) is 0.519. The summed E-state index contributed by atoms with van der Waals surface area (Å²) < 4.78 is 38.9. The molecule has 2 fully saturated rings. The smallest absolute Gasteiger partial charge is 0.355 e. The maximum absolute atomic E-state index is 13.0. The zero-order valence-electron chi connectivity index (χ0n) is 19.7. The monoisotopic (exact) mass is 503 g/mol. The van der Waals surface area contributed by atoms with Crippen molar-refractivity contribution in [2.75, 3.05) is 36.4 Å². The van der Waals surface area contributed by atoms with E-state index in [1.807, 2.05) is 31.2 Å². The number of hydrogen-bond donors (Lipinski definition) is 1. The van der Waals surface area contributed by atoms with E-state index >= 15 is 0 Å². The van der Waals surface area contributed by atoms with E-state index in [0.29, 0.717) is 28.9 Å². The van der Waals surface area contributed by atoms with Gasteiger partial charge in [-0.05, 0) is 35.6 Å². The molecular weight excluding hydrogens is 475 g/mol. The number of benzene rings is 1. The fourth-order valence-corrected chi connectivity index (χ4v) is 6.30. The Morgan fingerprint density at radius 2 is 1.80 bits per heavy atom. The van der Waals surface area contributed by atoms with Crippen LogP contribution in [0.5, 0.6) is 0 Å². The predicted molar refractivity (Wildman–Crippen MR) is 132 cm³/mol. The van der Waals surface area contributed by atoms with Crippen LogP contribution in [0.15, 0.2) is 30.3 Å². The van der Waals surface area contributed by atoms with Crippen molar-refractivity contribution < 1.29 is 18.0 Å². The molecule has 2 saturated heterocycles. The highest BCUT2D eigenvalue weighted by Crippen LogP contribution is 2.39. The van der Waals surface area contributed by atoms with Crippen LogP contribution in [0.25, 0.3) is 10.2 Å². The number of halogens is 3. The van der Waals surface area contributed by atoms with Gasteiger partial charge in [-0.25, -0.2) is 9.97 Å². The van der Waals surface area contributed by atoms with E-state index in [0.717, 1.165) is 61.0 Å². The van der Waals surface area contributed by atoms with Gasteiger partial charge in [0, 0.05) is 56.6 Å². The second-order valence-electron chi connectivity index (χ2n) is 9.54. The van der Waals surface area contributed by atoms with Crippen LogP contribution in [0.2, 0.25) is 0 Å². The molecule has 0 radical (unpaired) electrons. The third-order valence-corrected chi connectivity index (χ3v) is 7.73. The van der Waals surface area contributed by atoms with E-state index < -0.39 is 12.6 Å². The number of thiophene rings is 1. The number of rotatable bonds is 6. The molecule has 10 heteroatoms. The minimum Gasteiger partial charge on any atom is -0.355 e. The van der Waals surface area contributed by atoms with Gasteiger partial charge < -0.3 is 10.2 Å². The summed E-state index contributed by atoms with van der Waals surface area (Å²) >= 11 is 1.12. The number of amides is 1. The summed E-state index contributed by atoms with van der Waals surface area (Å²) in [6.45, 7) is 7.98. The van der Waals surface area contributed by atoms with Crippen LogP contribution in [0, 0.1) is 11.8 Å². The zero-order chi connectivity index (χ0) is 24.7. The van der Waals surface area contributed by atoms with Gasteiger partial charge in [0.05, 0.1) is 11.8 Å². The Morgan fingerprint density at radius 3 is 2.40 bits per heavy atom. The van der Waals surface area contributed by atoms with Gasteiger partial charge in [-0.1, -0.05) is 19.1 Å². The summed E-state index contributed by atoms with van der Waals surface area (Å²) in [5.74, 6) is 2.37. The Balaban J connectivity index is 1.27. The standard InChI is InChI=1S/C25H28F3N5OS/c1-3-22-30-23(21-8-20(9-25(26,27)28)35-24(21)31-22)33-13-17-11-32(12-18(17)14-33)10-16-4-6-19(7-5-16)29-15(2)34/h4-8,17-18H,3,9-14H2,1-2H3,(H,29,34). The van der Waals surface area contributed by atoms with Crippen molar-refractivity contribution in [2.24, 2.45) is 11.8 Å². The highest BCUT2D eigenvalue weighted by atomic mass is 32.1. The molecule has 2 aliphatic rings. The molecule has 0 aliphatic carbocycles. The number of nitrogens with zero attached hydrogens (tertiary/aromatic N) is 4. The Labute approximate surface area is 206 Å². The minimum atomic E-state index is -4.24. The lowest BCUT2D eigenvalue weighted by Gasteiger charge is -2.23. The number of aryl methyl sites for hydroxylation is 1. The molecule has 1 N–H and O–H groups in total. The first-order valence-corrected chi connectivity index (χ1v) is 12.7. The summed E-state index contributed by atoms with van der Waals surface area (Å²) in [5, 5.41) is 3.53. The Morgan fingerprint density at radius 1 is 1.11 bits per heavy atom. The van der Waals surface area contributed by atoms with E-state index in [2.05, 4.69) is 20.1 Å². The van der Waals surface area contributed by atoms with Crippen molar-refractivity contribution in [3.8, 4) is 0 Å². The second kappa shape index (κ2) is 9.39. The van der Waals surface area contributed by atoms with Crippen LogP contribution in [0.4, 0.5) is 24.7 Å². The lowest BCUT2D eigenvalue weighted by molar-refractivity contribution is -0.126. The topological polar surface area (TPSA) is 61.4 Å². The lowest BCUT2D eigenvalue weighted by Crippen LogP contribution is -2.29. The molecule has 2 unspecified atom stereocenters. The maximum Gasteiger partial charge on any atom is 0.393 e. The first-order valence-electron chi connectivity index (χ1n) is 11.9. The van der Waals surface area contributed by atoms with Crippen molar-refractivity contribution in [2.45, 2.75) is 39.4 Å². The normalized spacial score (nSPS) is 20.5. The average molecular weight is 504 g/mol. The van der Waals surface area contributed by atoms with Gasteiger partial charge in [0.2, 0.25) is 5.91 Å². The Bertz CT molecular complexity index is 1210. The number of anilines is 2. The molecule has 2 aliphatic heterocycles. The minimum absolute atomic E-state index is 0.0827. The average Bonchev–Trinajstić information content (AvgIpc) is 3.45. The van der Waals surface area contributed by atoms with Crippen molar-refractivity contribution >= 4 is 39.0 Å². The molecule has 2 atom stereocenters. The molecule has 186 valence electrons. The first kappa shape index (κ1) is 24.0. The fourth-order valence-electron chi connectivity index (χ4n) is 5.23. The van der Waals surface area contributed by atoms with E-state index in [-0.39, 0.29) is 10.8 Å². The summed E-state index contributed by atoms with van der Waals surface area (Å²) in [6.07, 6.45) is -4.52. The van der Waals surface area contributed by atoms with Crippen molar-refractivity contribution in [1.29, 1.82) is 0 Å². The van der Waals surface area contributed by atoms with Gasteiger partial charge in [0.25, 0.3) is 0 Å². The SMILES string of the molecule is CCc1nc(N2CC3CN(Cc4ccc(NC(C)=O)cc4)CC3C2)c2cc(CC(F)(F)F)sc2n1. The van der Waals surface area contributed by atoms with Crippen LogP contribution >= 0.6 is 11.3 Å². The van der Waals surface area contributed by atoms with E-state index in [1.165, 1.54) is 12.5 Å². The van der Waals surface area contributed by atoms with E-state index in [4.69, 9.17) is 4.98 Å². The third kappa shape index (κ3) is 5.43. The Hall–Kier alpha value is -2.72. The summed E-state index contributed by atoms with van der Waals surface area (Å²) in [5.41, 5.74) is 2.00. The third-order valence-electron chi connectivity index (χ3n) is 6.70. The van der Waals surface area contributed by atoms with Crippen LogP contribution in [0.1, 0.15) is 30.1 Å². The van der Waals surface area contributed by atoms with Crippen LogP contribution in [-0.4, -0.2) is 53.1 Å². The van der Waals surface area contributed by atoms with Crippen molar-refractivity contribution in [3.05, 3.63) is 46.6 Å². The molecule has 1 aromatic carbocycles. The molecule has 6 nitrogen and oxygen atoms in total. The number of nitrogens with one attached hydrogen (secondary N) is 1. The van der Waals surface area contributed by atoms with Gasteiger partial charge in [0.15, 0.2) is 0 Å². The largest absolute Gasteiger partial charge is 0.393 e. The van der Waals surface area contributed by atoms with Crippen LogP contribution in [-0.2, 0) is 24.2 Å². The molecule has 0 spiro atoms. The number of aromatic nitrogens is 2. The molecular formula is C25H28F3N5OS. The number of alkyl halides is 3. The molecule has 5 rings (SSSR count). The Kier molecular flexibility index (Phi) is 6.43. The van der Waals surface area contributed by atoms with Gasteiger partial charge in [0.1, 0.15) is 16.5 Å². The van der Waals surface area contributed by atoms with Crippen molar-refractivity contribution in [3.63, 3.8) is 0 Å². The maximum atomic E-state index is 13.0. The molecule has 2 aromatic heterocycles.